The maximum absolute atomic E-state index is 13.1. The van der Waals surface area contributed by atoms with Gasteiger partial charge in [-0.15, -0.1) is 0 Å². The first-order valence-corrected chi connectivity index (χ1v) is 10.7. The molecule has 0 saturated carbocycles. The molecule has 2 heterocycles. The average molecular weight is 418 g/mol. The first kappa shape index (κ1) is 22.2. The smallest absolute Gasteiger partial charge is 0.191 e. The summed E-state index contributed by atoms with van der Waals surface area (Å²) in [5.41, 5.74) is 1.81. The molecule has 1 aromatic carbocycles. The van der Waals surface area contributed by atoms with Crippen molar-refractivity contribution in [2.75, 3.05) is 46.1 Å². The maximum Gasteiger partial charge on any atom is 0.191 e. The first-order valence-electron chi connectivity index (χ1n) is 10.7. The monoisotopic (exact) mass is 417 g/mol. The normalized spacial score (nSPS) is 16.7. The fourth-order valence-corrected chi connectivity index (χ4v) is 3.21. The van der Waals surface area contributed by atoms with Crippen LogP contribution in [0.5, 0.6) is 0 Å². The van der Waals surface area contributed by atoms with Crippen LogP contribution in [0.15, 0.2) is 41.5 Å². The molecule has 0 bridgehead atoms. The third-order valence-electron chi connectivity index (χ3n) is 4.85. The number of rotatable bonds is 11. The van der Waals surface area contributed by atoms with Crippen LogP contribution in [-0.2, 0) is 15.9 Å². The SMILES string of the molecule is CCNC(=NCCCOCC1CCOC1)NCCc1ccn(-c2ccc(F)cc2)n1. The van der Waals surface area contributed by atoms with E-state index in [9.17, 15) is 4.39 Å². The number of nitrogens with zero attached hydrogens (tertiary/aromatic N) is 3. The third kappa shape index (κ3) is 7.42. The molecule has 30 heavy (non-hydrogen) atoms. The Morgan fingerprint density at radius 3 is 2.93 bits per heavy atom. The van der Waals surface area contributed by atoms with E-state index < -0.39 is 0 Å². The molecule has 8 heteroatoms. The van der Waals surface area contributed by atoms with E-state index in [1.165, 1.54) is 12.1 Å². The summed E-state index contributed by atoms with van der Waals surface area (Å²) in [5, 5.41) is 11.2. The van der Waals surface area contributed by atoms with Gasteiger partial charge in [-0.2, -0.15) is 5.10 Å². The quantitative estimate of drug-likeness (QED) is 0.334. The molecule has 0 radical (unpaired) electrons. The molecule has 7 nitrogen and oxygen atoms in total. The fourth-order valence-electron chi connectivity index (χ4n) is 3.21. The molecule has 1 aromatic heterocycles. The largest absolute Gasteiger partial charge is 0.381 e. The van der Waals surface area contributed by atoms with Crippen molar-refractivity contribution >= 4 is 5.96 Å². The molecule has 0 aliphatic carbocycles. The van der Waals surface area contributed by atoms with Crippen molar-refractivity contribution in [1.82, 2.24) is 20.4 Å². The number of ether oxygens (including phenoxy) is 2. The van der Waals surface area contributed by atoms with Crippen molar-refractivity contribution in [1.29, 1.82) is 0 Å². The lowest BCUT2D eigenvalue weighted by Crippen LogP contribution is -2.38. The molecule has 1 aliphatic heterocycles. The van der Waals surface area contributed by atoms with Crippen molar-refractivity contribution in [2.45, 2.75) is 26.2 Å². The summed E-state index contributed by atoms with van der Waals surface area (Å²) in [6.45, 7) is 7.50. The van der Waals surface area contributed by atoms with Gasteiger partial charge in [-0.05, 0) is 50.1 Å². The molecule has 164 valence electrons. The average Bonchev–Trinajstić information content (AvgIpc) is 3.43. The Hall–Kier alpha value is -2.45. The predicted octanol–water partition coefficient (Wildman–Crippen LogP) is 2.55. The van der Waals surface area contributed by atoms with Crippen LogP contribution in [0.1, 0.15) is 25.5 Å². The number of aliphatic imine (C=N–C) groups is 1. The molecular formula is C22H32FN5O2. The second-order valence-corrected chi connectivity index (χ2v) is 7.32. The van der Waals surface area contributed by atoms with Crippen LogP contribution in [0.4, 0.5) is 4.39 Å². The summed E-state index contributed by atoms with van der Waals surface area (Å²) >= 11 is 0. The Balaban J connectivity index is 1.35. The van der Waals surface area contributed by atoms with Crippen LogP contribution in [0, 0.1) is 11.7 Å². The van der Waals surface area contributed by atoms with E-state index in [1.807, 2.05) is 19.2 Å². The lowest BCUT2D eigenvalue weighted by molar-refractivity contribution is 0.0893. The summed E-state index contributed by atoms with van der Waals surface area (Å²) < 4.78 is 25.9. The number of hydrogen-bond acceptors (Lipinski definition) is 4. The van der Waals surface area contributed by atoms with Crippen LogP contribution < -0.4 is 10.6 Å². The Kier molecular flexibility index (Phi) is 9.11. The molecule has 2 aromatic rings. The molecular weight excluding hydrogens is 385 g/mol. The van der Waals surface area contributed by atoms with E-state index in [2.05, 4.69) is 20.7 Å². The van der Waals surface area contributed by atoms with E-state index >= 15 is 0 Å². The number of halogens is 1. The van der Waals surface area contributed by atoms with Gasteiger partial charge in [-0.1, -0.05) is 0 Å². The molecule has 0 amide bonds. The van der Waals surface area contributed by atoms with Gasteiger partial charge >= 0.3 is 0 Å². The van der Waals surface area contributed by atoms with Gasteiger partial charge in [0.05, 0.1) is 24.6 Å². The minimum absolute atomic E-state index is 0.249. The second-order valence-electron chi connectivity index (χ2n) is 7.32. The lowest BCUT2D eigenvalue weighted by atomic mass is 10.1. The molecule has 1 fully saturated rings. The first-order chi connectivity index (χ1) is 14.7. The highest BCUT2D eigenvalue weighted by atomic mass is 19.1. The Labute approximate surface area is 177 Å². The van der Waals surface area contributed by atoms with Gasteiger partial charge in [0.2, 0.25) is 0 Å². The summed E-state index contributed by atoms with van der Waals surface area (Å²) in [5.74, 6) is 1.11. The highest BCUT2D eigenvalue weighted by Gasteiger charge is 2.15. The number of aromatic nitrogens is 2. The molecule has 2 N–H and O–H groups in total. The molecule has 1 unspecified atom stereocenters. The highest BCUT2D eigenvalue weighted by molar-refractivity contribution is 5.79. The van der Waals surface area contributed by atoms with Crippen LogP contribution in [0.3, 0.4) is 0 Å². The summed E-state index contributed by atoms with van der Waals surface area (Å²) in [6.07, 6.45) is 4.66. The van der Waals surface area contributed by atoms with Crippen LogP contribution in [-0.4, -0.2) is 61.8 Å². The van der Waals surface area contributed by atoms with E-state index in [-0.39, 0.29) is 5.82 Å². The van der Waals surface area contributed by atoms with Gasteiger partial charge in [-0.3, -0.25) is 4.99 Å². The van der Waals surface area contributed by atoms with Gasteiger partial charge in [0.15, 0.2) is 5.96 Å². The summed E-state index contributed by atoms with van der Waals surface area (Å²) in [4.78, 5) is 4.60. The highest BCUT2D eigenvalue weighted by Crippen LogP contribution is 2.12. The van der Waals surface area contributed by atoms with E-state index in [0.29, 0.717) is 5.92 Å². The Morgan fingerprint density at radius 1 is 1.30 bits per heavy atom. The van der Waals surface area contributed by atoms with E-state index in [1.54, 1.807) is 16.8 Å². The molecule has 3 rings (SSSR count). The predicted molar refractivity (Wildman–Crippen MR) is 116 cm³/mol. The van der Waals surface area contributed by atoms with Gasteiger partial charge in [-0.25, -0.2) is 9.07 Å². The van der Waals surface area contributed by atoms with Crippen molar-refractivity contribution < 1.29 is 13.9 Å². The minimum Gasteiger partial charge on any atom is -0.381 e. The fraction of sp³-hybridized carbons (Fsp3) is 0.545. The van der Waals surface area contributed by atoms with Crippen LogP contribution in [0.25, 0.3) is 5.69 Å². The topological polar surface area (TPSA) is 72.7 Å². The molecule has 1 atom stereocenters. The van der Waals surface area contributed by atoms with Crippen LogP contribution in [0.2, 0.25) is 0 Å². The summed E-state index contributed by atoms with van der Waals surface area (Å²) in [6, 6.07) is 8.27. The number of guanidine groups is 1. The standard InChI is InChI=1S/C22H32FN5O2/c1-2-24-22(25-11-3-14-29-16-18-10-15-30-17-18)26-12-8-20-9-13-28(27-20)21-6-4-19(23)5-7-21/h4-7,9,13,18H,2-3,8,10-12,14-17H2,1H3,(H2,24,25,26). The Morgan fingerprint density at radius 2 is 2.17 bits per heavy atom. The zero-order chi connectivity index (χ0) is 21.0. The second kappa shape index (κ2) is 12.3. The van der Waals surface area contributed by atoms with Crippen LogP contribution >= 0.6 is 0 Å². The number of hydrogen-bond donors (Lipinski definition) is 2. The maximum atomic E-state index is 13.1. The third-order valence-corrected chi connectivity index (χ3v) is 4.85. The Bertz CT molecular complexity index is 772. The molecule has 1 aliphatic rings. The zero-order valence-corrected chi connectivity index (χ0v) is 17.6. The van der Waals surface area contributed by atoms with Gasteiger partial charge in [0, 0.05) is 51.4 Å². The van der Waals surface area contributed by atoms with Crippen molar-refractivity contribution in [2.24, 2.45) is 10.9 Å². The number of nitrogens with one attached hydrogen (secondary N) is 2. The van der Waals surface area contributed by atoms with Crippen molar-refractivity contribution in [3.63, 3.8) is 0 Å². The van der Waals surface area contributed by atoms with E-state index in [0.717, 1.165) is 82.7 Å². The van der Waals surface area contributed by atoms with Gasteiger partial charge in [0.25, 0.3) is 0 Å². The molecule has 0 spiro atoms. The lowest BCUT2D eigenvalue weighted by Gasteiger charge is -2.11. The summed E-state index contributed by atoms with van der Waals surface area (Å²) in [7, 11) is 0. The zero-order valence-electron chi connectivity index (χ0n) is 17.6. The van der Waals surface area contributed by atoms with Crippen molar-refractivity contribution in [3.8, 4) is 5.69 Å². The van der Waals surface area contributed by atoms with Gasteiger partial charge < -0.3 is 20.1 Å². The van der Waals surface area contributed by atoms with Gasteiger partial charge in [0.1, 0.15) is 5.82 Å². The minimum atomic E-state index is -0.249. The van der Waals surface area contributed by atoms with E-state index in [4.69, 9.17) is 9.47 Å². The van der Waals surface area contributed by atoms with Crippen molar-refractivity contribution in [3.05, 3.63) is 48.0 Å². The number of benzene rings is 1. The molecule has 1 saturated heterocycles.